The third-order valence-electron chi connectivity index (χ3n) is 3.69. The van der Waals surface area contributed by atoms with Crippen LogP contribution in [-0.2, 0) is 0 Å². The summed E-state index contributed by atoms with van der Waals surface area (Å²) in [5.74, 6) is 0. The number of hydrogen-bond acceptors (Lipinski definition) is 3. The molecular formula is C19H22N2S. The van der Waals surface area contributed by atoms with Gasteiger partial charge in [-0.15, -0.1) is 0 Å². The number of benzene rings is 2. The Morgan fingerprint density at radius 1 is 1.09 bits per heavy atom. The van der Waals surface area contributed by atoms with Gasteiger partial charge < -0.3 is 10.2 Å². The molecule has 0 fully saturated rings. The molecule has 1 unspecified atom stereocenters. The van der Waals surface area contributed by atoms with Crippen LogP contribution in [0.15, 0.2) is 59.5 Å². The van der Waals surface area contributed by atoms with Crippen LogP contribution >= 0.6 is 11.8 Å². The summed E-state index contributed by atoms with van der Waals surface area (Å²) in [5.41, 5.74) is 3.73. The van der Waals surface area contributed by atoms with Gasteiger partial charge in [-0.2, -0.15) is 0 Å². The van der Waals surface area contributed by atoms with E-state index in [0.717, 1.165) is 0 Å². The van der Waals surface area contributed by atoms with E-state index in [0.29, 0.717) is 11.4 Å². The molecule has 0 radical (unpaired) electrons. The van der Waals surface area contributed by atoms with E-state index in [1.165, 1.54) is 21.8 Å². The lowest BCUT2D eigenvalue weighted by Gasteiger charge is -2.18. The number of para-hydroxylation sites is 1. The van der Waals surface area contributed by atoms with Gasteiger partial charge in [-0.25, -0.2) is 0 Å². The zero-order valence-corrected chi connectivity index (χ0v) is 14.1. The first-order valence-corrected chi connectivity index (χ1v) is 8.55. The average Bonchev–Trinajstić information content (AvgIpc) is 2.83. The zero-order chi connectivity index (χ0) is 15.5. The molecule has 2 nitrogen and oxygen atoms in total. The van der Waals surface area contributed by atoms with Gasteiger partial charge in [-0.3, -0.25) is 0 Å². The number of likely N-dealkylation sites (N-methyl/N-ethyl adjacent to an activating group) is 1. The highest BCUT2D eigenvalue weighted by molar-refractivity contribution is 8.00. The normalized spacial score (nSPS) is 17.3. The van der Waals surface area contributed by atoms with E-state index >= 15 is 0 Å². The van der Waals surface area contributed by atoms with E-state index in [9.17, 15) is 0 Å². The first-order valence-electron chi connectivity index (χ1n) is 7.67. The van der Waals surface area contributed by atoms with Gasteiger partial charge in [0.2, 0.25) is 0 Å². The van der Waals surface area contributed by atoms with Crippen LogP contribution < -0.4 is 10.2 Å². The van der Waals surface area contributed by atoms with Crippen molar-refractivity contribution in [3.05, 3.63) is 60.2 Å². The Kier molecular flexibility index (Phi) is 4.44. The minimum Gasteiger partial charge on any atom is -0.383 e. The summed E-state index contributed by atoms with van der Waals surface area (Å²) in [6.07, 6.45) is 4.48. The molecule has 2 aromatic rings. The molecule has 0 aliphatic carbocycles. The molecule has 22 heavy (non-hydrogen) atoms. The summed E-state index contributed by atoms with van der Waals surface area (Å²) in [4.78, 5) is 3.68. The third kappa shape index (κ3) is 3.30. The van der Waals surface area contributed by atoms with Crippen LogP contribution in [0.4, 0.5) is 11.4 Å². The fraction of sp³-hybridized carbons (Fsp3) is 0.263. The molecule has 0 saturated heterocycles. The third-order valence-corrected chi connectivity index (χ3v) is 5.01. The largest absolute Gasteiger partial charge is 0.383 e. The molecule has 0 amide bonds. The van der Waals surface area contributed by atoms with Gasteiger partial charge in [-0.1, -0.05) is 48.2 Å². The van der Waals surface area contributed by atoms with Crippen molar-refractivity contribution >= 4 is 29.2 Å². The lowest BCUT2D eigenvalue weighted by atomic mass is 10.2. The first-order chi connectivity index (χ1) is 10.6. The Labute approximate surface area is 137 Å². The molecule has 1 atom stereocenters. The van der Waals surface area contributed by atoms with Gasteiger partial charge in [0.05, 0.1) is 11.1 Å². The fourth-order valence-electron chi connectivity index (χ4n) is 2.58. The van der Waals surface area contributed by atoms with E-state index in [1.54, 1.807) is 0 Å². The summed E-state index contributed by atoms with van der Waals surface area (Å²) < 4.78 is 0. The van der Waals surface area contributed by atoms with Crippen LogP contribution in [0.3, 0.4) is 0 Å². The standard InChI is InChI=1S/C19H22N2S/c1-14(2)20-16-11-8-15(9-12-16)10-13-19-21(3)17-6-4-5-7-18(17)22-19/h4-14,19-20H,1-3H3. The molecule has 2 aromatic carbocycles. The molecule has 3 rings (SSSR count). The molecule has 0 bridgehead atoms. The van der Waals surface area contributed by atoms with E-state index in [4.69, 9.17) is 0 Å². The molecule has 1 aliphatic rings. The minimum absolute atomic E-state index is 0.367. The lowest BCUT2D eigenvalue weighted by molar-refractivity contribution is 0.900. The van der Waals surface area contributed by atoms with E-state index in [1.807, 2.05) is 11.8 Å². The quantitative estimate of drug-likeness (QED) is 0.847. The van der Waals surface area contributed by atoms with Crippen molar-refractivity contribution in [1.82, 2.24) is 0 Å². The van der Waals surface area contributed by atoms with Crippen molar-refractivity contribution in [2.24, 2.45) is 0 Å². The van der Waals surface area contributed by atoms with Gasteiger partial charge in [0, 0.05) is 23.7 Å². The Hall–Kier alpha value is -1.87. The topological polar surface area (TPSA) is 15.3 Å². The van der Waals surface area contributed by atoms with Crippen LogP contribution in [0.25, 0.3) is 6.08 Å². The van der Waals surface area contributed by atoms with Crippen LogP contribution in [0.5, 0.6) is 0 Å². The van der Waals surface area contributed by atoms with Crippen LogP contribution in [0.1, 0.15) is 19.4 Å². The summed E-state index contributed by atoms with van der Waals surface area (Å²) >= 11 is 1.90. The van der Waals surface area contributed by atoms with Crippen molar-refractivity contribution in [3.8, 4) is 0 Å². The second-order valence-electron chi connectivity index (χ2n) is 5.87. The number of fused-ring (bicyclic) bond motifs is 1. The summed E-state index contributed by atoms with van der Waals surface area (Å²) in [6.45, 7) is 4.30. The molecule has 3 heteroatoms. The fourth-order valence-corrected chi connectivity index (χ4v) is 3.76. The predicted octanol–water partition coefficient (Wildman–Crippen LogP) is 5.09. The number of rotatable bonds is 4. The van der Waals surface area contributed by atoms with Gasteiger partial charge in [0.1, 0.15) is 0 Å². The maximum Gasteiger partial charge on any atom is 0.0983 e. The van der Waals surface area contributed by atoms with E-state index in [-0.39, 0.29) is 0 Å². The van der Waals surface area contributed by atoms with Crippen molar-refractivity contribution in [3.63, 3.8) is 0 Å². The molecule has 1 aliphatic heterocycles. The highest BCUT2D eigenvalue weighted by Gasteiger charge is 2.24. The van der Waals surface area contributed by atoms with Crippen LogP contribution in [-0.4, -0.2) is 18.5 Å². The average molecular weight is 310 g/mol. The lowest BCUT2D eigenvalue weighted by Crippen LogP contribution is -2.21. The predicted molar refractivity (Wildman–Crippen MR) is 98.7 cm³/mol. The Bertz CT molecular complexity index is 661. The smallest absolute Gasteiger partial charge is 0.0983 e. The van der Waals surface area contributed by atoms with Crippen molar-refractivity contribution < 1.29 is 0 Å². The maximum atomic E-state index is 3.41. The molecule has 1 heterocycles. The second-order valence-corrected chi connectivity index (χ2v) is 7.03. The zero-order valence-electron chi connectivity index (χ0n) is 13.3. The Morgan fingerprint density at radius 2 is 1.82 bits per heavy atom. The number of anilines is 2. The highest BCUT2D eigenvalue weighted by Crippen LogP contribution is 2.42. The Balaban J connectivity index is 1.68. The number of thioether (sulfide) groups is 1. The van der Waals surface area contributed by atoms with E-state index < -0.39 is 0 Å². The summed E-state index contributed by atoms with van der Waals surface area (Å²) in [5, 5.41) is 3.78. The number of nitrogens with zero attached hydrogens (tertiary/aromatic N) is 1. The summed E-state index contributed by atoms with van der Waals surface area (Å²) in [7, 11) is 2.16. The molecule has 0 aromatic heterocycles. The minimum atomic E-state index is 0.367. The molecule has 0 saturated carbocycles. The van der Waals surface area contributed by atoms with Gasteiger partial charge in [0.25, 0.3) is 0 Å². The van der Waals surface area contributed by atoms with Crippen molar-refractivity contribution in [2.75, 3.05) is 17.3 Å². The molecule has 114 valence electrons. The molecular weight excluding hydrogens is 288 g/mol. The Morgan fingerprint density at radius 3 is 2.50 bits per heavy atom. The van der Waals surface area contributed by atoms with Gasteiger partial charge in [0.15, 0.2) is 0 Å². The van der Waals surface area contributed by atoms with Gasteiger partial charge >= 0.3 is 0 Å². The monoisotopic (exact) mass is 310 g/mol. The number of nitrogens with one attached hydrogen (secondary N) is 1. The van der Waals surface area contributed by atoms with Crippen molar-refractivity contribution in [1.29, 1.82) is 0 Å². The van der Waals surface area contributed by atoms with Crippen LogP contribution in [0, 0.1) is 0 Å². The maximum absolute atomic E-state index is 3.41. The first kappa shape index (κ1) is 15.0. The number of hydrogen-bond donors (Lipinski definition) is 1. The second kappa shape index (κ2) is 6.49. The van der Waals surface area contributed by atoms with Gasteiger partial charge in [-0.05, 0) is 43.7 Å². The summed E-state index contributed by atoms with van der Waals surface area (Å²) in [6, 6.07) is 17.6. The van der Waals surface area contributed by atoms with Crippen molar-refractivity contribution in [2.45, 2.75) is 30.2 Å². The molecule has 0 spiro atoms. The highest BCUT2D eigenvalue weighted by atomic mass is 32.2. The molecule has 1 N–H and O–H groups in total. The van der Waals surface area contributed by atoms with E-state index in [2.05, 4.69) is 91.8 Å². The van der Waals surface area contributed by atoms with Crippen LogP contribution in [0.2, 0.25) is 0 Å². The SMILES string of the molecule is CC(C)Nc1ccc(C=CC2Sc3ccccc3N2C)cc1.